The molecule has 0 saturated heterocycles. The van der Waals surface area contributed by atoms with E-state index in [1.807, 2.05) is 0 Å². The van der Waals surface area contributed by atoms with E-state index in [9.17, 15) is 0 Å². The summed E-state index contributed by atoms with van der Waals surface area (Å²) in [6.45, 7) is 9.46. The van der Waals surface area contributed by atoms with Gasteiger partial charge in [0, 0.05) is 25.5 Å². The molecule has 0 aromatic carbocycles. The van der Waals surface area contributed by atoms with Crippen molar-refractivity contribution in [3.63, 3.8) is 0 Å². The lowest BCUT2D eigenvalue weighted by molar-refractivity contribution is 0.135. The first kappa shape index (κ1) is 31.4. The van der Waals surface area contributed by atoms with Crippen LogP contribution in [-0.2, 0) is 0 Å². The van der Waals surface area contributed by atoms with Gasteiger partial charge in [-0.15, -0.1) is 0 Å². The molecule has 0 bridgehead atoms. The molecule has 2 heteroatoms. The Balaban J connectivity index is 2.22. The van der Waals surface area contributed by atoms with Crippen molar-refractivity contribution in [2.75, 3.05) is 13.1 Å². The van der Waals surface area contributed by atoms with Crippen molar-refractivity contribution in [1.82, 2.24) is 9.80 Å². The van der Waals surface area contributed by atoms with Crippen LogP contribution in [0.4, 0.5) is 0 Å². The predicted molar refractivity (Wildman–Crippen MR) is 154 cm³/mol. The molecule has 0 aromatic rings. The Kier molecular flexibility index (Phi) is 22.2. The summed E-state index contributed by atoms with van der Waals surface area (Å²) in [4.78, 5) is 5.38. The fourth-order valence-electron chi connectivity index (χ4n) is 5.48. The summed E-state index contributed by atoms with van der Waals surface area (Å²) in [5.41, 5.74) is 0. The van der Waals surface area contributed by atoms with E-state index in [0.717, 1.165) is 0 Å². The summed E-state index contributed by atoms with van der Waals surface area (Å²) in [6.07, 6.45) is 39.5. The van der Waals surface area contributed by atoms with Crippen LogP contribution < -0.4 is 0 Å². The molecule has 0 radical (unpaired) electrons. The second-order valence-electron chi connectivity index (χ2n) is 11.1. The topological polar surface area (TPSA) is 6.48 Å². The summed E-state index contributed by atoms with van der Waals surface area (Å²) in [5.74, 6) is 0. The van der Waals surface area contributed by atoms with Crippen molar-refractivity contribution in [3.05, 3.63) is 12.4 Å². The standard InChI is InChI=1S/C32H64N2/c1-4-7-10-13-15-17-18-20-23-26-29-34-31-30-33(32(34)27-24-21-12-9-6-3)28-25-22-19-16-14-11-8-5-2/h30-32H,4-29H2,1-3H3. The van der Waals surface area contributed by atoms with E-state index in [1.54, 1.807) is 0 Å². The van der Waals surface area contributed by atoms with Crippen LogP contribution in [0.1, 0.15) is 175 Å². The average Bonchev–Trinajstić information content (AvgIpc) is 3.23. The lowest BCUT2D eigenvalue weighted by Crippen LogP contribution is -2.39. The highest BCUT2D eigenvalue weighted by molar-refractivity contribution is 4.97. The first-order chi connectivity index (χ1) is 16.8. The van der Waals surface area contributed by atoms with E-state index in [0.29, 0.717) is 6.17 Å². The van der Waals surface area contributed by atoms with Crippen molar-refractivity contribution in [3.8, 4) is 0 Å². The van der Waals surface area contributed by atoms with E-state index >= 15 is 0 Å². The van der Waals surface area contributed by atoms with E-state index in [-0.39, 0.29) is 0 Å². The SMILES string of the molecule is CCCCCCCCCCCCN1C=CN(CCCCCCCCCC)C1CCCCCCC. The Morgan fingerprint density at radius 2 is 0.676 bits per heavy atom. The quantitative estimate of drug-likeness (QED) is 0.114. The summed E-state index contributed by atoms with van der Waals surface area (Å²) in [6, 6.07) is 0. The number of hydrogen-bond acceptors (Lipinski definition) is 2. The molecular weight excluding hydrogens is 412 g/mol. The van der Waals surface area contributed by atoms with Gasteiger partial charge in [0.1, 0.15) is 6.17 Å². The molecule has 0 aromatic heterocycles. The first-order valence-electron chi connectivity index (χ1n) is 16.0. The molecule has 1 aliphatic heterocycles. The molecule has 0 amide bonds. The fourth-order valence-corrected chi connectivity index (χ4v) is 5.48. The Hall–Kier alpha value is -0.660. The zero-order valence-corrected chi connectivity index (χ0v) is 24.0. The van der Waals surface area contributed by atoms with E-state index in [1.165, 1.54) is 167 Å². The first-order valence-corrected chi connectivity index (χ1v) is 16.0. The smallest absolute Gasteiger partial charge is 0.101 e. The third-order valence-corrected chi connectivity index (χ3v) is 7.82. The highest BCUT2D eigenvalue weighted by Gasteiger charge is 2.24. The number of hydrogen-bond donors (Lipinski definition) is 0. The molecule has 1 unspecified atom stereocenters. The number of unbranched alkanes of at least 4 members (excludes halogenated alkanes) is 20. The van der Waals surface area contributed by atoms with Crippen LogP contribution in [0.2, 0.25) is 0 Å². The Morgan fingerprint density at radius 3 is 1.03 bits per heavy atom. The van der Waals surface area contributed by atoms with Crippen molar-refractivity contribution >= 4 is 0 Å². The van der Waals surface area contributed by atoms with Crippen molar-refractivity contribution in [2.24, 2.45) is 0 Å². The van der Waals surface area contributed by atoms with E-state index in [4.69, 9.17) is 0 Å². The highest BCUT2D eigenvalue weighted by Crippen LogP contribution is 2.24. The molecular formula is C32H64N2. The highest BCUT2D eigenvalue weighted by atomic mass is 15.4. The Labute approximate surface area is 216 Å². The van der Waals surface area contributed by atoms with Crippen LogP contribution in [0.5, 0.6) is 0 Å². The average molecular weight is 477 g/mol. The maximum absolute atomic E-state index is 2.69. The van der Waals surface area contributed by atoms with Gasteiger partial charge in [-0.1, -0.05) is 149 Å². The fraction of sp³-hybridized carbons (Fsp3) is 0.938. The third kappa shape index (κ3) is 16.9. The lowest BCUT2D eigenvalue weighted by Gasteiger charge is -2.33. The molecule has 1 heterocycles. The normalized spacial score (nSPS) is 15.7. The van der Waals surface area contributed by atoms with Crippen molar-refractivity contribution in [1.29, 1.82) is 0 Å². The van der Waals surface area contributed by atoms with Gasteiger partial charge < -0.3 is 9.80 Å². The van der Waals surface area contributed by atoms with Crippen LogP contribution in [0, 0.1) is 0 Å². The van der Waals surface area contributed by atoms with Crippen molar-refractivity contribution < 1.29 is 0 Å². The molecule has 1 atom stereocenters. The number of nitrogens with zero attached hydrogens (tertiary/aromatic N) is 2. The summed E-state index contributed by atoms with van der Waals surface area (Å²) >= 11 is 0. The molecule has 0 fully saturated rings. The zero-order chi connectivity index (χ0) is 24.5. The van der Waals surface area contributed by atoms with Gasteiger partial charge >= 0.3 is 0 Å². The van der Waals surface area contributed by atoms with E-state index < -0.39 is 0 Å². The maximum Gasteiger partial charge on any atom is 0.101 e. The van der Waals surface area contributed by atoms with E-state index in [2.05, 4.69) is 43.0 Å². The largest absolute Gasteiger partial charge is 0.356 e. The third-order valence-electron chi connectivity index (χ3n) is 7.82. The van der Waals surface area contributed by atoms with Crippen LogP contribution in [0.3, 0.4) is 0 Å². The van der Waals surface area contributed by atoms with Crippen LogP contribution >= 0.6 is 0 Å². The van der Waals surface area contributed by atoms with Gasteiger partial charge in [0.2, 0.25) is 0 Å². The molecule has 0 spiro atoms. The summed E-state index contributed by atoms with van der Waals surface area (Å²) in [7, 11) is 0. The summed E-state index contributed by atoms with van der Waals surface area (Å²) < 4.78 is 0. The molecule has 202 valence electrons. The minimum absolute atomic E-state index is 0.643. The molecule has 0 aliphatic carbocycles. The summed E-state index contributed by atoms with van der Waals surface area (Å²) in [5, 5.41) is 0. The van der Waals surface area contributed by atoms with Gasteiger partial charge in [0.25, 0.3) is 0 Å². The molecule has 1 aliphatic rings. The van der Waals surface area contributed by atoms with Gasteiger partial charge in [0.05, 0.1) is 0 Å². The van der Waals surface area contributed by atoms with Gasteiger partial charge in [-0.3, -0.25) is 0 Å². The molecule has 1 rings (SSSR count). The zero-order valence-electron chi connectivity index (χ0n) is 24.0. The second-order valence-corrected chi connectivity index (χ2v) is 11.1. The lowest BCUT2D eigenvalue weighted by atomic mass is 10.1. The number of rotatable bonds is 26. The van der Waals surface area contributed by atoms with Crippen LogP contribution in [0.15, 0.2) is 12.4 Å². The van der Waals surface area contributed by atoms with Gasteiger partial charge in [-0.05, 0) is 25.7 Å². The molecule has 0 N–H and O–H groups in total. The van der Waals surface area contributed by atoms with Gasteiger partial charge in [0.15, 0.2) is 0 Å². The predicted octanol–water partition coefficient (Wildman–Crippen LogP) is 10.8. The maximum atomic E-state index is 2.69. The Morgan fingerprint density at radius 1 is 0.382 bits per heavy atom. The Bertz CT molecular complexity index is 433. The second kappa shape index (κ2) is 24.1. The monoisotopic (exact) mass is 477 g/mol. The molecule has 2 nitrogen and oxygen atoms in total. The minimum atomic E-state index is 0.643. The van der Waals surface area contributed by atoms with Crippen molar-refractivity contribution in [2.45, 2.75) is 181 Å². The van der Waals surface area contributed by atoms with Gasteiger partial charge in [-0.2, -0.15) is 0 Å². The van der Waals surface area contributed by atoms with Crippen LogP contribution in [-0.4, -0.2) is 29.1 Å². The van der Waals surface area contributed by atoms with Crippen LogP contribution in [0.25, 0.3) is 0 Å². The van der Waals surface area contributed by atoms with Gasteiger partial charge in [-0.25, -0.2) is 0 Å². The minimum Gasteiger partial charge on any atom is -0.356 e. The molecule has 0 saturated carbocycles. The molecule has 34 heavy (non-hydrogen) atoms.